The lowest BCUT2D eigenvalue weighted by molar-refractivity contribution is 0.0704. The Balaban J connectivity index is 1.04. The van der Waals surface area contributed by atoms with E-state index in [-0.39, 0.29) is 24.1 Å². The zero-order chi connectivity index (χ0) is 29.4. The second-order valence-corrected chi connectivity index (χ2v) is 12.1. The fourth-order valence-corrected chi connectivity index (χ4v) is 6.72. The first-order chi connectivity index (χ1) is 21.2. The molecular formula is C37H44N2O4. The lowest BCUT2D eigenvalue weighted by atomic mass is 9.69. The average Bonchev–Trinajstić information content (AvgIpc) is 3.45. The van der Waals surface area contributed by atoms with E-state index in [2.05, 4.69) is 47.6 Å². The normalized spacial score (nSPS) is 20.0. The monoisotopic (exact) mass is 580 g/mol. The molecule has 0 spiro atoms. The minimum absolute atomic E-state index is 0.173. The molecule has 2 heterocycles. The molecule has 0 radical (unpaired) electrons. The zero-order valence-corrected chi connectivity index (χ0v) is 25.2. The summed E-state index contributed by atoms with van der Waals surface area (Å²) in [6, 6.07) is 23.9. The van der Waals surface area contributed by atoms with Crippen LogP contribution in [0.2, 0.25) is 0 Å². The number of hydrogen-bond acceptors (Lipinski definition) is 6. The molecule has 1 fully saturated rings. The summed E-state index contributed by atoms with van der Waals surface area (Å²) in [5.41, 5.74) is 5.30. The first kappa shape index (κ1) is 29.3. The Morgan fingerprint density at radius 3 is 2.53 bits per heavy atom. The summed E-state index contributed by atoms with van der Waals surface area (Å²) >= 11 is 0. The molecule has 0 amide bonds. The van der Waals surface area contributed by atoms with E-state index < -0.39 is 0 Å². The molecule has 4 unspecified atom stereocenters. The van der Waals surface area contributed by atoms with Crippen LogP contribution in [0.3, 0.4) is 0 Å². The van der Waals surface area contributed by atoms with E-state index in [1.54, 1.807) is 0 Å². The Morgan fingerprint density at radius 1 is 0.907 bits per heavy atom. The third-order valence-corrected chi connectivity index (χ3v) is 9.09. The van der Waals surface area contributed by atoms with Gasteiger partial charge >= 0.3 is 6.08 Å². The predicted octanol–water partition coefficient (Wildman–Crippen LogP) is 9.40. The maximum atomic E-state index is 11.3. The van der Waals surface area contributed by atoms with E-state index in [1.807, 2.05) is 48.5 Å². The minimum atomic E-state index is -0.273. The van der Waals surface area contributed by atoms with Gasteiger partial charge in [-0.1, -0.05) is 81.9 Å². The largest absolute Gasteiger partial charge is 0.494 e. The number of nitrogens with one attached hydrogen (secondary N) is 1. The molecule has 1 saturated carbocycles. The molecule has 6 rings (SSSR count). The Kier molecular flexibility index (Phi) is 9.63. The average molecular weight is 581 g/mol. The predicted molar refractivity (Wildman–Crippen MR) is 173 cm³/mol. The van der Waals surface area contributed by atoms with Crippen LogP contribution >= 0.6 is 0 Å². The van der Waals surface area contributed by atoms with Gasteiger partial charge in [0, 0.05) is 11.6 Å². The van der Waals surface area contributed by atoms with Crippen molar-refractivity contribution in [2.75, 3.05) is 11.9 Å². The van der Waals surface area contributed by atoms with Crippen molar-refractivity contribution < 1.29 is 19.0 Å². The molecule has 0 saturated heterocycles. The van der Waals surface area contributed by atoms with E-state index in [4.69, 9.17) is 13.9 Å². The molecule has 3 aromatic carbocycles. The highest BCUT2D eigenvalue weighted by atomic mass is 16.6. The summed E-state index contributed by atoms with van der Waals surface area (Å²) in [4.78, 5) is 4.38. The quantitative estimate of drug-likeness (QED) is 0.145. The molecule has 1 aromatic heterocycles. The second-order valence-electron chi connectivity index (χ2n) is 12.1. The van der Waals surface area contributed by atoms with Gasteiger partial charge < -0.3 is 24.3 Å². The second kappa shape index (κ2) is 14.1. The van der Waals surface area contributed by atoms with Crippen LogP contribution in [0.15, 0.2) is 82.8 Å². The first-order valence-electron chi connectivity index (χ1n) is 16.2. The van der Waals surface area contributed by atoms with Crippen molar-refractivity contribution in [2.24, 2.45) is 11.8 Å². The number of unbranched alkanes of at least 4 members (excludes halogenated alkanes) is 5. The summed E-state index contributed by atoms with van der Waals surface area (Å²) < 4.78 is 17.7. The molecule has 2 aliphatic rings. The van der Waals surface area contributed by atoms with Gasteiger partial charge in [0.1, 0.15) is 17.0 Å². The topological polar surface area (TPSA) is 76.8 Å². The van der Waals surface area contributed by atoms with Crippen molar-refractivity contribution in [1.82, 2.24) is 4.98 Å². The first-order valence-corrected chi connectivity index (χ1v) is 16.2. The highest BCUT2D eigenvalue weighted by Crippen LogP contribution is 2.44. The SMILES string of the molecule is CCCCCCCCC(O)C1CCC(CCOc2ccc(Oc3nc4ccccc4o3)cc2)C2=Cc3ccccc3NC21. The smallest absolute Gasteiger partial charge is 0.400 e. The number of oxazole rings is 1. The number of hydrogen-bond donors (Lipinski definition) is 2. The fraction of sp³-hybridized carbons (Fsp3) is 0.432. The van der Waals surface area contributed by atoms with Crippen LogP contribution < -0.4 is 14.8 Å². The molecule has 43 heavy (non-hydrogen) atoms. The van der Waals surface area contributed by atoms with E-state index in [0.717, 1.165) is 43.4 Å². The maximum absolute atomic E-state index is 11.3. The van der Waals surface area contributed by atoms with E-state index in [0.29, 0.717) is 23.9 Å². The minimum Gasteiger partial charge on any atom is -0.494 e. The number of benzene rings is 3. The number of ether oxygens (including phenoxy) is 2. The number of aromatic nitrogens is 1. The molecule has 226 valence electrons. The number of rotatable bonds is 14. The molecule has 1 aliphatic heterocycles. The van der Waals surface area contributed by atoms with Gasteiger partial charge in [0.25, 0.3) is 0 Å². The number of anilines is 1. The summed E-state index contributed by atoms with van der Waals surface area (Å²) in [7, 11) is 0. The zero-order valence-electron chi connectivity index (χ0n) is 25.2. The Morgan fingerprint density at radius 2 is 1.67 bits per heavy atom. The Hall–Kier alpha value is -3.77. The van der Waals surface area contributed by atoms with Crippen LogP contribution in [0.4, 0.5) is 5.69 Å². The third kappa shape index (κ3) is 7.24. The molecular weight excluding hydrogens is 536 g/mol. The van der Waals surface area contributed by atoms with Crippen LogP contribution in [0.25, 0.3) is 17.2 Å². The molecule has 4 aromatic rings. The van der Waals surface area contributed by atoms with Crippen molar-refractivity contribution in [1.29, 1.82) is 0 Å². The maximum Gasteiger partial charge on any atom is 0.400 e. The lowest BCUT2D eigenvalue weighted by Gasteiger charge is -2.44. The number of fused-ring (bicyclic) bond motifs is 3. The molecule has 2 N–H and O–H groups in total. The van der Waals surface area contributed by atoms with Crippen molar-refractivity contribution in [3.05, 3.63) is 83.9 Å². The highest BCUT2D eigenvalue weighted by molar-refractivity contribution is 5.74. The van der Waals surface area contributed by atoms with Crippen molar-refractivity contribution in [3.8, 4) is 17.6 Å². The Labute approximate surface area is 255 Å². The highest BCUT2D eigenvalue weighted by Gasteiger charge is 2.39. The molecule has 4 atom stereocenters. The number of aliphatic hydroxyl groups is 1. The number of aliphatic hydroxyl groups excluding tert-OH is 1. The van der Waals surface area contributed by atoms with Crippen LogP contribution in [0.1, 0.15) is 76.7 Å². The molecule has 0 bridgehead atoms. The van der Waals surface area contributed by atoms with Crippen molar-refractivity contribution >= 4 is 22.9 Å². The van der Waals surface area contributed by atoms with Crippen LogP contribution in [-0.4, -0.2) is 28.8 Å². The van der Waals surface area contributed by atoms with Gasteiger partial charge in [-0.05, 0) is 85.2 Å². The van der Waals surface area contributed by atoms with Crippen LogP contribution in [-0.2, 0) is 0 Å². The van der Waals surface area contributed by atoms with Crippen molar-refractivity contribution in [3.63, 3.8) is 0 Å². The Bertz CT molecular complexity index is 1460. The van der Waals surface area contributed by atoms with Crippen LogP contribution in [0.5, 0.6) is 17.6 Å². The fourth-order valence-electron chi connectivity index (χ4n) is 6.72. The van der Waals surface area contributed by atoms with Gasteiger partial charge in [-0.3, -0.25) is 0 Å². The number of nitrogens with zero attached hydrogens (tertiary/aromatic N) is 1. The molecule has 6 heteroatoms. The summed E-state index contributed by atoms with van der Waals surface area (Å²) in [5, 5.41) is 15.1. The standard InChI is InChI=1S/C37H44N2O4/c1-2-3-4-5-6-7-15-34(40)30-22-17-26(31-25-27-12-8-9-13-32(27)38-36(30)31)23-24-41-28-18-20-29(21-19-28)42-37-39-33-14-10-11-16-35(33)43-37/h8-14,16,18-21,25-26,30,34,36,38,40H,2-7,15,17,22-24H2,1H3. The molecule has 1 aliphatic carbocycles. The van der Waals surface area contributed by atoms with Crippen molar-refractivity contribution in [2.45, 2.75) is 83.3 Å². The van der Waals surface area contributed by atoms with E-state index >= 15 is 0 Å². The van der Waals surface area contributed by atoms with E-state index in [9.17, 15) is 5.11 Å². The van der Waals surface area contributed by atoms with Gasteiger partial charge in [-0.15, -0.1) is 0 Å². The van der Waals surface area contributed by atoms with Crippen LogP contribution in [0, 0.1) is 11.8 Å². The number of para-hydroxylation sites is 3. The summed E-state index contributed by atoms with van der Waals surface area (Å²) in [6.45, 7) is 2.88. The molecule has 6 nitrogen and oxygen atoms in total. The summed E-state index contributed by atoms with van der Waals surface area (Å²) in [6.07, 6.45) is 13.8. The van der Waals surface area contributed by atoms with Gasteiger partial charge in [0.2, 0.25) is 0 Å². The van der Waals surface area contributed by atoms with E-state index in [1.165, 1.54) is 48.9 Å². The lowest BCUT2D eigenvalue weighted by Crippen LogP contribution is -2.45. The van der Waals surface area contributed by atoms with Gasteiger partial charge in [0.05, 0.1) is 18.8 Å². The van der Waals surface area contributed by atoms with Gasteiger partial charge in [-0.2, -0.15) is 4.98 Å². The third-order valence-electron chi connectivity index (χ3n) is 9.09. The van der Waals surface area contributed by atoms with Gasteiger partial charge in [0.15, 0.2) is 5.58 Å². The van der Waals surface area contributed by atoms with Gasteiger partial charge in [-0.25, -0.2) is 0 Å². The summed E-state index contributed by atoms with van der Waals surface area (Å²) in [5.74, 6) is 2.12.